The molecule has 1 aromatic carbocycles. The van der Waals surface area contributed by atoms with Gasteiger partial charge in [-0.1, -0.05) is 20.3 Å². The number of rotatable bonds is 6. The van der Waals surface area contributed by atoms with E-state index in [1.54, 1.807) is 6.92 Å². The van der Waals surface area contributed by atoms with Crippen LogP contribution in [0.3, 0.4) is 0 Å². The Labute approximate surface area is 141 Å². The minimum absolute atomic E-state index is 0.0939. The number of nitrogens with zero attached hydrogens (tertiary/aromatic N) is 1. The molecule has 0 radical (unpaired) electrons. The SMILES string of the molecule is COc1ccc([N+](=O)[O-])cc1NC(=O)[C@@H](C)N[C@@H]1CCCC1(C)C. The van der Waals surface area contributed by atoms with Crippen molar-refractivity contribution in [3.05, 3.63) is 28.3 Å². The van der Waals surface area contributed by atoms with Gasteiger partial charge in [0.25, 0.3) is 5.69 Å². The fraction of sp³-hybridized carbons (Fsp3) is 0.588. The van der Waals surface area contributed by atoms with Crippen molar-refractivity contribution in [2.75, 3.05) is 12.4 Å². The first kappa shape index (κ1) is 18.2. The van der Waals surface area contributed by atoms with Gasteiger partial charge in [-0.25, -0.2) is 0 Å². The molecule has 0 bridgehead atoms. The first-order chi connectivity index (χ1) is 11.2. The summed E-state index contributed by atoms with van der Waals surface area (Å²) in [7, 11) is 1.46. The highest BCUT2D eigenvalue weighted by atomic mass is 16.6. The molecule has 2 N–H and O–H groups in total. The van der Waals surface area contributed by atoms with Crippen LogP contribution in [-0.2, 0) is 4.79 Å². The second kappa shape index (κ2) is 7.17. The van der Waals surface area contributed by atoms with E-state index in [4.69, 9.17) is 4.74 Å². The number of nitrogens with one attached hydrogen (secondary N) is 2. The molecule has 132 valence electrons. The van der Waals surface area contributed by atoms with Gasteiger partial charge in [-0.3, -0.25) is 14.9 Å². The molecule has 2 atom stereocenters. The fourth-order valence-corrected chi connectivity index (χ4v) is 3.16. The van der Waals surface area contributed by atoms with Crippen LogP contribution in [-0.4, -0.2) is 30.0 Å². The molecule has 7 heteroatoms. The van der Waals surface area contributed by atoms with E-state index in [9.17, 15) is 14.9 Å². The molecular formula is C17H25N3O4. The largest absolute Gasteiger partial charge is 0.495 e. The highest BCUT2D eigenvalue weighted by molar-refractivity contribution is 5.96. The van der Waals surface area contributed by atoms with Crippen LogP contribution >= 0.6 is 0 Å². The van der Waals surface area contributed by atoms with Crippen molar-refractivity contribution < 1.29 is 14.5 Å². The lowest BCUT2D eigenvalue weighted by Gasteiger charge is -2.30. The minimum Gasteiger partial charge on any atom is -0.495 e. The number of nitro benzene ring substituents is 1. The van der Waals surface area contributed by atoms with Crippen LogP contribution in [0.25, 0.3) is 0 Å². The number of benzene rings is 1. The van der Waals surface area contributed by atoms with E-state index < -0.39 is 11.0 Å². The van der Waals surface area contributed by atoms with Crippen LogP contribution < -0.4 is 15.4 Å². The van der Waals surface area contributed by atoms with Crippen LogP contribution in [0.15, 0.2) is 18.2 Å². The van der Waals surface area contributed by atoms with E-state index in [0.717, 1.165) is 19.3 Å². The van der Waals surface area contributed by atoms with Crippen LogP contribution in [0.5, 0.6) is 5.75 Å². The lowest BCUT2D eigenvalue weighted by Crippen LogP contribution is -2.47. The Balaban J connectivity index is 2.08. The van der Waals surface area contributed by atoms with Gasteiger partial charge in [0.15, 0.2) is 0 Å². The van der Waals surface area contributed by atoms with Crippen molar-refractivity contribution >= 4 is 17.3 Å². The molecule has 1 fully saturated rings. The molecule has 1 aromatic rings. The van der Waals surface area contributed by atoms with Crippen molar-refractivity contribution in [3.63, 3.8) is 0 Å². The maximum absolute atomic E-state index is 12.5. The summed E-state index contributed by atoms with van der Waals surface area (Å²) >= 11 is 0. The Kier molecular flexibility index (Phi) is 5.43. The van der Waals surface area contributed by atoms with Crippen molar-refractivity contribution in [2.24, 2.45) is 5.41 Å². The lowest BCUT2D eigenvalue weighted by atomic mass is 9.87. The quantitative estimate of drug-likeness (QED) is 0.615. The molecule has 2 rings (SSSR count). The minimum atomic E-state index is -0.502. The second-order valence-electron chi connectivity index (χ2n) is 6.95. The zero-order valence-electron chi connectivity index (χ0n) is 14.6. The number of anilines is 1. The summed E-state index contributed by atoms with van der Waals surface area (Å²) in [6.07, 6.45) is 3.33. The summed E-state index contributed by atoms with van der Waals surface area (Å²) < 4.78 is 5.17. The standard InChI is InChI=1S/C17H25N3O4/c1-11(18-15-6-5-9-17(15,2)3)16(21)19-13-10-12(20(22)23)7-8-14(13)24-4/h7-8,10-11,15,18H,5-6,9H2,1-4H3,(H,19,21)/t11-,15-/m1/s1. The van der Waals surface area contributed by atoms with Crippen LogP contribution in [0.1, 0.15) is 40.0 Å². The monoisotopic (exact) mass is 335 g/mol. The Bertz CT molecular complexity index is 630. The summed E-state index contributed by atoms with van der Waals surface area (Å²) in [4.78, 5) is 22.9. The number of non-ortho nitro benzene ring substituents is 1. The number of ether oxygens (including phenoxy) is 1. The second-order valence-corrected chi connectivity index (χ2v) is 6.95. The van der Waals surface area contributed by atoms with E-state index >= 15 is 0 Å². The number of carbonyl (C=O) groups excluding carboxylic acids is 1. The van der Waals surface area contributed by atoms with E-state index in [-0.39, 0.29) is 23.1 Å². The Morgan fingerprint density at radius 3 is 2.71 bits per heavy atom. The first-order valence-corrected chi connectivity index (χ1v) is 8.14. The Hall–Kier alpha value is -2.15. The third-order valence-electron chi connectivity index (χ3n) is 4.75. The lowest BCUT2D eigenvalue weighted by molar-refractivity contribution is -0.384. The van der Waals surface area contributed by atoms with E-state index in [2.05, 4.69) is 24.5 Å². The topological polar surface area (TPSA) is 93.5 Å². The average Bonchev–Trinajstić information content (AvgIpc) is 2.85. The Morgan fingerprint density at radius 2 is 2.17 bits per heavy atom. The van der Waals surface area contributed by atoms with Gasteiger partial charge >= 0.3 is 0 Å². The summed E-state index contributed by atoms with van der Waals surface area (Å²) in [6, 6.07) is 4.01. The molecule has 1 aliphatic carbocycles. The number of amides is 1. The van der Waals surface area contributed by atoms with Gasteiger partial charge in [-0.15, -0.1) is 0 Å². The zero-order chi connectivity index (χ0) is 17.9. The predicted molar refractivity (Wildman–Crippen MR) is 92.3 cm³/mol. The molecule has 1 saturated carbocycles. The highest BCUT2D eigenvalue weighted by Crippen LogP contribution is 2.37. The molecule has 24 heavy (non-hydrogen) atoms. The molecule has 1 aliphatic rings. The van der Waals surface area contributed by atoms with Crippen molar-refractivity contribution in [1.29, 1.82) is 0 Å². The molecule has 0 saturated heterocycles. The predicted octanol–water partition coefficient (Wildman–Crippen LogP) is 3.10. The summed E-state index contributed by atoms with van der Waals surface area (Å²) in [5.74, 6) is 0.152. The molecule has 0 aliphatic heterocycles. The average molecular weight is 335 g/mol. The third-order valence-corrected chi connectivity index (χ3v) is 4.75. The number of carbonyl (C=O) groups is 1. The van der Waals surface area contributed by atoms with Gasteiger partial charge in [0.2, 0.25) is 5.91 Å². The van der Waals surface area contributed by atoms with E-state index in [0.29, 0.717) is 11.4 Å². The van der Waals surface area contributed by atoms with Crippen LogP contribution in [0.4, 0.5) is 11.4 Å². The number of nitro groups is 1. The van der Waals surface area contributed by atoms with Gasteiger partial charge in [-0.05, 0) is 31.2 Å². The number of hydrogen-bond acceptors (Lipinski definition) is 5. The molecule has 0 spiro atoms. The van der Waals surface area contributed by atoms with Gasteiger partial charge < -0.3 is 15.4 Å². The molecule has 7 nitrogen and oxygen atoms in total. The van der Waals surface area contributed by atoms with Crippen molar-refractivity contribution in [1.82, 2.24) is 5.32 Å². The summed E-state index contributed by atoms with van der Waals surface area (Å²) in [6.45, 7) is 6.20. The van der Waals surface area contributed by atoms with Crippen molar-refractivity contribution in [2.45, 2.75) is 52.1 Å². The molecular weight excluding hydrogens is 310 g/mol. The molecule has 0 unspecified atom stereocenters. The van der Waals surface area contributed by atoms with Crippen molar-refractivity contribution in [3.8, 4) is 5.75 Å². The normalized spacial score (nSPS) is 20.4. The Morgan fingerprint density at radius 1 is 1.46 bits per heavy atom. The van der Waals surface area contributed by atoms with Gasteiger partial charge in [0.05, 0.1) is 23.8 Å². The van der Waals surface area contributed by atoms with Crippen LogP contribution in [0.2, 0.25) is 0 Å². The van der Waals surface area contributed by atoms with Crippen LogP contribution in [0, 0.1) is 15.5 Å². The maximum atomic E-state index is 12.5. The molecule has 1 amide bonds. The fourth-order valence-electron chi connectivity index (χ4n) is 3.16. The first-order valence-electron chi connectivity index (χ1n) is 8.14. The highest BCUT2D eigenvalue weighted by Gasteiger charge is 2.35. The maximum Gasteiger partial charge on any atom is 0.271 e. The number of methoxy groups -OCH3 is 1. The summed E-state index contributed by atoms with van der Waals surface area (Å²) in [5.41, 5.74) is 0.372. The van der Waals surface area contributed by atoms with Gasteiger partial charge in [-0.2, -0.15) is 0 Å². The smallest absolute Gasteiger partial charge is 0.271 e. The third kappa shape index (κ3) is 4.03. The van der Waals surface area contributed by atoms with E-state index in [1.807, 2.05) is 0 Å². The number of hydrogen-bond donors (Lipinski definition) is 2. The molecule has 0 aromatic heterocycles. The van der Waals surface area contributed by atoms with Gasteiger partial charge in [0, 0.05) is 18.2 Å². The zero-order valence-corrected chi connectivity index (χ0v) is 14.6. The summed E-state index contributed by atoms with van der Waals surface area (Å²) in [5, 5.41) is 17.0. The van der Waals surface area contributed by atoms with E-state index in [1.165, 1.54) is 25.3 Å². The molecule has 0 heterocycles. The van der Waals surface area contributed by atoms with Gasteiger partial charge in [0.1, 0.15) is 5.75 Å².